The summed E-state index contributed by atoms with van der Waals surface area (Å²) in [5.41, 5.74) is -0.380. The minimum atomic E-state index is -0.380. The maximum atomic E-state index is 9.52. The van der Waals surface area contributed by atoms with E-state index in [0.29, 0.717) is 18.1 Å². The van der Waals surface area contributed by atoms with Crippen molar-refractivity contribution < 1.29 is 0 Å². The number of likely N-dealkylation sites (N-methyl/N-ethyl adjacent to an activating group) is 2. The topological polar surface area (TPSA) is 42.3 Å². The monoisotopic (exact) mass is 292 g/mol. The van der Waals surface area contributed by atoms with Gasteiger partial charge in [-0.25, -0.2) is 0 Å². The molecule has 0 amide bonds. The van der Waals surface area contributed by atoms with Crippen molar-refractivity contribution in [2.75, 3.05) is 26.7 Å². The molecule has 1 saturated carbocycles. The van der Waals surface area contributed by atoms with Gasteiger partial charge in [-0.05, 0) is 66.1 Å². The molecule has 21 heavy (non-hydrogen) atoms. The summed E-state index contributed by atoms with van der Waals surface area (Å²) in [6, 6.07) is 4.21. The summed E-state index contributed by atoms with van der Waals surface area (Å²) in [5, 5.41) is 13.0. The van der Waals surface area contributed by atoms with Gasteiger partial charge >= 0.3 is 0 Å². The zero-order valence-corrected chi connectivity index (χ0v) is 14.2. The predicted molar refractivity (Wildman–Crippen MR) is 87.2 cm³/mol. The smallest absolute Gasteiger partial charge is 0.105 e. The van der Waals surface area contributed by atoms with E-state index in [1.54, 1.807) is 0 Å². The summed E-state index contributed by atoms with van der Waals surface area (Å²) in [6.45, 7) is 10.1. The predicted octanol–water partition coefficient (Wildman–Crippen LogP) is 2.22. The van der Waals surface area contributed by atoms with Crippen molar-refractivity contribution in [3.63, 3.8) is 0 Å². The number of hydrogen-bond donors (Lipinski definition) is 1. The van der Waals surface area contributed by atoms with Crippen LogP contribution in [0.25, 0.3) is 0 Å². The fraction of sp³-hybridized carbons (Fsp3) is 0.941. The fourth-order valence-electron chi connectivity index (χ4n) is 3.59. The SMILES string of the molecule is CCN1CCCC1CN(C)C(C)CC(C)(C#N)NC1CC1. The van der Waals surface area contributed by atoms with Crippen molar-refractivity contribution in [3.8, 4) is 6.07 Å². The summed E-state index contributed by atoms with van der Waals surface area (Å²) in [6.07, 6.45) is 6.01. The van der Waals surface area contributed by atoms with Crippen LogP contribution < -0.4 is 5.32 Å². The maximum absolute atomic E-state index is 9.52. The van der Waals surface area contributed by atoms with E-state index >= 15 is 0 Å². The molecular formula is C17H32N4. The van der Waals surface area contributed by atoms with E-state index in [-0.39, 0.29) is 5.54 Å². The third-order valence-electron chi connectivity index (χ3n) is 5.21. The van der Waals surface area contributed by atoms with E-state index in [2.05, 4.69) is 49.0 Å². The quantitative estimate of drug-likeness (QED) is 0.745. The van der Waals surface area contributed by atoms with Gasteiger partial charge in [0.1, 0.15) is 5.54 Å². The van der Waals surface area contributed by atoms with Gasteiger partial charge < -0.3 is 4.90 Å². The first-order chi connectivity index (χ1) is 9.97. The Bertz CT molecular complexity index is 373. The standard InChI is InChI=1S/C17H32N4/c1-5-21-10-6-7-16(21)12-20(4)14(2)11-17(3,13-18)19-15-8-9-15/h14-16,19H,5-12H2,1-4H3. The molecule has 1 saturated heterocycles. The van der Waals surface area contributed by atoms with E-state index in [1.165, 1.54) is 32.2 Å². The van der Waals surface area contributed by atoms with Crippen LogP contribution in [0, 0.1) is 11.3 Å². The molecule has 0 aromatic heterocycles. The van der Waals surface area contributed by atoms with Crippen molar-refractivity contribution in [2.45, 2.75) is 76.5 Å². The van der Waals surface area contributed by atoms with E-state index in [0.717, 1.165) is 19.5 Å². The molecule has 1 aliphatic heterocycles. The van der Waals surface area contributed by atoms with Gasteiger partial charge in [0, 0.05) is 24.7 Å². The highest BCUT2D eigenvalue weighted by Crippen LogP contribution is 2.26. The minimum Gasteiger partial charge on any atom is -0.302 e. The second kappa shape index (κ2) is 7.09. The van der Waals surface area contributed by atoms with Gasteiger partial charge in [0.05, 0.1) is 6.07 Å². The van der Waals surface area contributed by atoms with E-state index in [1.807, 2.05) is 0 Å². The molecule has 120 valence electrons. The lowest BCUT2D eigenvalue weighted by Gasteiger charge is -2.35. The molecule has 2 fully saturated rings. The number of rotatable bonds is 8. The van der Waals surface area contributed by atoms with Crippen molar-refractivity contribution >= 4 is 0 Å². The van der Waals surface area contributed by atoms with Crippen LogP contribution in [0.4, 0.5) is 0 Å². The van der Waals surface area contributed by atoms with Gasteiger partial charge in [0.25, 0.3) is 0 Å². The number of likely N-dealkylation sites (tertiary alicyclic amines) is 1. The zero-order chi connectivity index (χ0) is 15.5. The fourth-order valence-corrected chi connectivity index (χ4v) is 3.59. The molecule has 0 bridgehead atoms. The van der Waals surface area contributed by atoms with Crippen LogP contribution in [-0.4, -0.2) is 60.1 Å². The molecule has 0 radical (unpaired) electrons. The van der Waals surface area contributed by atoms with Gasteiger partial charge in [-0.1, -0.05) is 6.92 Å². The number of nitrogens with one attached hydrogen (secondary N) is 1. The van der Waals surface area contributed by atoms with Crippen LogP contribution in [0.5, 0.6) is 0 Å². The number of hydrogen-bond acceptors (Lipinski definition) is 4. The Kier molecular flexibility index (Phi) is 5.65. The summed E-state index contributed by atoms with van der Waals surface area (Å²) in [5.74, 6) is 0. The molecule has 3 atom stereocenters. The highest BCUT2D eigenvalue weighted by atomic mass is 15.2. The molecule has 0 aromatic carbocycles. The zero-order valence-electron chi connectivity index (χ0n) is 14.2. The Morgan fingerprint density at radius 1 is 1.43 bits per heavy atom. The van der Waals surface area contributed by atoms with Crippen LogP contribution in [0.3, 0.4) is 0 Å². The Morgan fingerprint density at radius 2 is 2.14 bits per heavy atom. The lowest BCUT2D eigenvalue weighted by Crippen LogP contribution is -2.49. The molecule has 0 aromatic rings. The van der Waals surface area contributed by atoms with Crippen molar-refractivity contribution in [3.05, 3.63) is 0 Å². The van der Waals surface area contributed by atoms with Crippen LogP contribution in [0.2, 0.25) is 0 Å². The second-order valence-electron chi connectivity index (χ2n) is 7.28. The van der Waals surface area contributed by atoms with Gasteiger partial charge in [-0.3, -0.25) is 10.2 Å². The third-order valence-corrected chi connectivity index (χ3v) is 5.21. The average molecular weight is 292 g/mol. The normalized spacial score (nSPS) is 27.5. The largest absolute Gasteiger partial charge is 0.302 e. The van der Waals surface area contributed by atoms with Gasteiger partial charge in [0.15, 0.2) is 0 Å². The molecular weight excluding hydrogens is 260 g/mol. The summed E-state index contributed by atoms with van der Waals surface area (Å²) in [7, 11) is 2.21. The Morgan fingerprint density at radius 3 is 2.71 bits per heavy atom. The van der Waals surface area contributed by atoms with Crippen LogP contribution in [-0.2, 0) is 0 Å². The maximum Gasteiger partial charge on any atom is 0.105 e. The van der Waals surface area contributed by atoms with Crippen molar-refractivity contribution in [1.29, 1.82) is 5.26 Å². The highest BCUT2D eigenvalue weighted by Gasteiger charge is 2.35. The van der Waals surface area contributed by atoms with Crippen LogP contribution >= 0.6 is 0 Å². The second-order valence-corrected chi connectivity index (χ2v) is 7.28. The molecule has 1 N–H and O–H groups in total. The lowest BCUT2D eigenvalue weighted by molar-refractivity contribution is 0.152. The average Bonchev–Trinajstić information content (AvgIpc) is 3.14. The van der Waals surface area contributed by atoms with Crippen LogP contribution in [0.15, 0.2) is 0 Å². The molecule has 4 nitrogen and oxygen atoms in total. The first-order valence-corrected chi connectivity index (χ1v) is 8.60. The summed E-state index contributed by atoms with van der Waals surface area (Å²) >= 11 is 0. The molecule has 2 rings (SSSR count). The Hall–Kier alpha value is -0.630. The molecule has 4 heteroatoms. The minimum absolute atomic E-state index is 0.380. The van der Waals surface area contributed by atoms with Gasteiger partial charge in [0.2, 0.25) is 0 Å². The van der Waals surface area contributed by atoms with E-state index in [9.17, 15) is 5.26 Å². The summed E-state index contributed by atoms with van der Waals surface area (Å²) < 4.78 is 0. The number of nitriles is 1. The first kappa shape index (κ1) is 16.7. The molecule has 1 aliphatic carbocycles. The molecule has 1 heterocycles. The Labute approximate surface area is 130 Å². The molecule has 2 aliphatic rings. The highest BCUT2D eigenvalue weighted by molar-refractivity contribution is 5.08. The van der Waals surface area contributed by atoms with Crippen LogP contribution in [0.1, 0.15) is 52.9 Å². The van der Waals surface area contributed by atoms with E-state index in [4.69, 9.17) is 0 Å². The molecule has 3 unspecified atom stereocenters. The van der Waals surface area contributed by atoms with Crippen molar-refractivity contribution in [2.24, 2.45) is 0 Å². The molecule has 0 spiro atoms. The van der Waals surface area contributed by atoms with Gasteiger partial charge in [-0.2, -0.15) is 5.26 Å². The van der Waals surface area contributed by atoms with Crippen molar-refractivity contribution in [1.82, 2.24) is 15.1 Å². The lowest BCUT2D eigenvalue weighted by atomic mass is 9.94. The summed E-state index contributed by atoms with van der Waals surface area (Å²) in [4.78, 5) is 5.04. The Balaban J connectivity index is 1.83. The first-order valence-electron chi connectivity index (χ1n) is 8.60. The number of nitrogens with zero attached hydrogens (tertiary/aromatic N) is 3. The van der Waals surface area contributed by atoms with E-state index < -0.39 is 0 Å². The third kappa shape index (κ3) is 4.67. The van der Waals surface area contributed by atoms with Gasteiger partial charge in [-0.15, -0.1) is 0 Å².